The third-order valence-corrected chi connectivity index (χ3v) is 2.41. The average molecular weight is 215 g/mol. The molecule has 13 heavy (non-hydrogen) atoms. The summed E-state index contributed by atoms with van der Waals surface area (Å²) in [6, 6.07) is 0. The van der Waals surface area contributed by atoms with Crippen LogP contribution in [-0.4, -0.2) is 21.7 Å². The summed E-state index contributed by atoms with van der Waals surface area (Å²) in [5.41, 5.74) is 0. The normalized spacial score (nSPS) is 16.5. The Labute approximate surface area is 78.6 Å². The molecule has 78 valence electrons. The fraction of sp³-hybridized carbons (Fsp3) is 0.857. The predicted molar refractivity (Wildman–Crippen MR) is 47.1 cm³/mol. The molecule has 0 aliphatic carbocycles. The lowest BCUT2D eigenvalue weighted by molar-refractivity contribution is -0.120. The van der Waals surface area contributed by atoms with E-state index in [-0.39, 0.29) is 0 Å². The Hall–Kier alpha value is -0.230. The van der Waals surface area contributed by atoms with Crippen molar-refractivity contribution in [2.45, 2.75) is 38.1 Å². The van der Waals surface area contributed by atoms with Crippen molar-refractivity contribution in [2.75, 3.05) is 0 Å². The third-order valence-electron chi connectivity index (χ3n) is 1.02. The molecule has 0 aromatic heterocycles. The molecule has 0 heterocycles. The van der Waals surface area contributed by atoms with Crippen LogP contribution in [0, 0.1) is 0 Å². The molecule has 0 saturated carbocycles. The van der Waals surface area contributed by atoms with Crippen molar-refractivity contribution in [1.29, 1.82) is 0 Å². The van der Waals surface area contributed by atoms with Crippen LogP contribution >= 0.6 is 0 Å². The molecule has 0 aliphatic heterocycles. The topological polar surface area (TPSA) is 35.4 Å². The fourth-order valence-electron chi connectivity index (χ4n) is 0.367. The molecule has 0 radical (unpaired) electrons. The Bertz CT molecular complexity index is 185. The molecule has 0 fully saturated rings. The van der Waals surface area contributed by atoms with Gasteiger partial charge in [-0.25, -0.2) is 0 Å². The highest BCUT2D eigenvalue weighted by atomic mass is 32.2. The molecule has 1 unspecified atom stereocenters. The van der Waals surface area contributed by atoms with Crippen molar-refractivity contribution in [2.24, 2.45) is 4.40 Å². The van der Waals surface area contributed by atoms with Crippen LogP contribution in [0.1, 0.15) is 27.2 Å². The summed E-state index contributed by atoms with van der Waals surface area (Å²) >= 11 is -1.60. The van der Waals surface area contributed by atoms with Crippen LogP contribution < -0.4 is 0 Å². The summed E-state index contributed by atoms with van der Waals surface area (Å²) in [6.45, 7) is 4.94. The molecule has 0 N–H and O–H groups in total. The van der Waals surface area contributed by atoms with Gasteiger partial charge >= 0.3 is 6.18 Å². The van der Waals surface area contributed by atoms with Crippen LogP contribution in [0.5, 0.6) is 0 Å². The van der Waals surface area contributed by atoms with E-state index in [2.05, 4.69) is 4.40 Å². The highest BCUT2D eigenvalue weighted by Crippen LogP contribution is 2.20. The minimum atomic E-state index is -4.27. The maximum absolute atomic E-state index is 11.6. The van der Waals surface area contributed by atoms with Gasteiger partial charge in [-0.2, -0.15) is 13.2 Å². The van der Waals surface area contributed by atoms with Crippen molar-refractivity contribution in [1.82, 2.24) is 0 Å². The van der Waals surface area contributed by atoms with Crippen LogP contribution in [0.3, 0.4) is 0 Å². The Balaban J connectivity index is 4.00. The summed E-state index contributed by atoms with van der Waals surface area (Å²) in [5.74, 6) is 0. The zero-order chi connectivity index (χ0) is 10.7. The van der Waals surface area contributed by atoms with Crippen LogP contribution in [0.4, 0.5) is 13.2 Å². The highest BCUT2D eigenvalue weighted by molar-refractivity contribution is 7.91. The van der Waals surface area contributed by atoms with E-state index in [1.807, 2.05) is 0 Å². The molecule has 0 saturated heterocycles. The zero-order valence-corrected chi connectivity index (χ0v) is 8.50. The summed E-state index contributed by atoms with van der Waals surface area (Å²) in [5, 5.41) is 0. The predicted octanol–water partition coefficient (Wildman–Crippen LogP) is 2.47. The minimum absolute atomic E-state index is 0.609. The molecule has 6 heteroatoms. The van der Waals surface area contributed by atoms with Crippen LogP contribution in [-0.2, 0) is 11.4 Å². The molecule has 0 bridgehead atoms. The van der Waals surface area contributed by atoms with Crippen molar-refractivity contribution in [3.05, 3.63) is 0 Å². The quantitative estimate of drug-likeness (QED) is 0.514. The highest BCUT2D eigenvalue weighted by Gasteiger charge is 2.28. The second-order valence-electron chi connectivity index (χ2n) is 3.47. The molecule has 0 rings (SSSR count). The van der Waals surface area contributed by atoms with E-state index in [1.165, 1.54) is 0 Å². The third kappa shape index (κ3) is 6.89. The van der Waals surface area contributed by atoms with Crippen molar-refractivity contribution >= 4 is 17.6 Å². The van der Waals surface area contributed by atoms with Gasteiger partial charge in [0.05, 0.1) is 12.6 Å². The fourth-order valence-corrected chi connectivity index (χ4v) is 0.893. The summed E-state index contributed by atoms with van der Waals surface area (Å²) < 4.78 is 48.6. The van der Waals surface area contributed by atoms with Crippen molar-refractivity contribution < 1.29 is 17.7 Å². The van der Waals surface area contributed by atoms with E-state index in [0.29, 0.717) is 6.21 Å². The molecule has 0 aromatic rings. The molecule has 0 amide bonds. The Morgan fingerprint density at radius 1 is 1.31 bits per heavy atom. The van der Waals surface area contributed by atoms with E-state index in [9.17, 15) is 17.7 Å². The SMILES string of the molecule is CC(C)(C)[S+]([O-])/N=C/CC(F)(F)F. The van der Waals surface area contributed by atoms with Gasteiger partial charge in [0.25, 0.3) is 0 Å². The van der Waals surface area contributed by atoms with E-state index >= 15 is 0 Å². The van der Waals surface area contributed by atoms with E-state index in [4.69, 9.17) is 0 Å². The van der Waals surface area contributed by atoms with Gasteiger partial charge in [0, 0.05) is 0 Å². The first-order chi connectivity index (χ1) is 5.63. The second kappa shape index (κ2) is 4.32. The van der Waals surface area contributed by atoms with Crippen LogP contribution in [0.2, 0.25) is 0 Å². The van der Waals surface area contributed by atoms with Crippen LogP contribution in [0.25, 0.3) is 0 Å². The maximum Gasteiger partial charge on any atom is 0.394 e. The number of rotatable bonds is 2. The van der Waals surface area contributed by atoms with Gasteiger partial charge in [0.1, 0.15) is 16.1 Å². The van der Waals surface area contributed by atoms with E-state index in [1.54, 1.807) is 20.8 Å². The lowest BCUT2D eigenvalue weighted by Gasteiger charge is -2.17. The number of hydrogen-bond donors (Lipinski definition) is 0. The van der Waals surface area contributed by atoms with Gasteiger partial charge in [-0.15, -0.1) is 0 Å². The Morgan fingerprint density at radius 3 is 2.08 bits per heavy atom. The molecule has 0 spiro atoms. The second-order valence-corrected chi connectivity index (χ2v) is 5.40. The Kier molecular flexibility index (Phi) is 4.25. The van der Waals surface area contributed by atoms with Crippen molar-refractivity contribution in [3.63, 3.8) is 0 Å². The van der Waals surface area contributed by atoms with Gasteiger partial charge in [0.2, 0.25) is 0 Å². The summed E-state index contributed by atoms with van der Waals surface area (Å²) in [6.07, 6.45) is -4.75. The number of alkyl halides is 3. The van der Waals surface area contributed by atoms with Gasteiger partial charge in [0.15, 0.2) is 0 Å². The van der Waals surface area contributed by atoms with Gasteiger partial charge in [-0.1, -0.05) is 4.40 Å². The minimum Gasteiger partial charge on any atom is -0.591 e. The smallest absolute Gasteiger partial charge is 0.394 e. The van der Waals surface area contributed by atoms with Gasteiger partial charge < -0.3 is 4.55 Å². The maximum atomic E-state index is 11.6. The van der Waals surface area contributed by atoms with Crippen LogP contribution in [0.15, 0.2) is 4.40 Å². The number of hydrogen-bond acceptors (Lipinski definition) is 2. The molecule has 2 nitrogen and oxygen atoms in total. The largest absolute Gasteiger partial charge is 0.591 e. The summed E-state index contributed by atoms with van der Waals surface area (Å²) in [4.78, 5) is 0. The monoisotopic (exact) mass is 215 g/mol. The molecule has 0 aromatic carbocycles. The number of halogens is 3. The van der Waals surface area contributed by atoms with Crippen molar-refractivity contribution in [3.8, 4) is 0 Å². The average Bonchev–Trinajstić information content (AvgIpc) is 1.82. The lowest BCUT2D eigenvalue weighted by atomic mass is 10.3. The Morgan fingerprint density at radius 2 is 1.77 bits per heavy atom. The first-order valence-electron chi connectivity index (χ1n) is 3.64. The van der Waals surface area contributed by atoms with Gasteiger partial charge in [-0.3, -0.25) is 0 Å². The lowest BCUT2D eigenvalue weighted by Crippen LogP contribution is -2.26. The first-order valence-corrected chi connectivity index (χ1v) is 4.75. The standard InChI is InChI=1S/C7H12F3NOS/c1-6(2,3)13(12)11-5-4-7(8,9)10/h5H,4H2,1-3H3/b11-5+. The number of nitrogens with zero attached hydrogens (tertiary/aromatic N) is 1. The first kappa shape index (κ1) is 12.8. The molecule has 0 aliphatic rings. The van der Waals surface area contributed by atoms with Gasteiger partial charge in [-0.05, 0) is 20.8 Å². The van der Waals surface area contributed by atoms with E-state index in [0.717, 1.165) is 0 Å². The zero-order valence-electron chi connectivity index (χ0n) is 7.68. The summed E-state index contributed by atoms with van der Waals surface area (Å²) in [7, 11) is 0. The molecular weight excluding hydrogens is 203 g/mol. The molecular formula is C7H12F3NOS. The van der Waals surface area contributed by atoms with E-state index < -0.39 is 28.7 Å². The molecule has 1 atom stereocenters.